The quantitative estimate of drug-likeness (QED) is 0.649. The van der Waals surface area contributed by atoms with Gasteiger partial charge in [-0.1, -0.05) is 6.92 Å². The topological polar surface area (TPSA) is 96.6 Å². The van der Waals surface area contributed by atoms with E-state index in [1.807, 2.05) is 32.2 Å². The lowest BCUT2D eigenvalue weighted by molar-refractivity contribution is -0.119. The minimum absolute atomic E-state index is 0.122. The predicted octanol–water partition coefficient (Wildman–Crippen LogP) is 3.70. The number of carbonyl (C=O) groups is 1. The summed E-state index contributed by atoms with van der Waals surface area (Å²) in [5.41, 5.74) is 3.27. The largest absolute Gasteiger partial charge is 0.496 e. The zero-order valence-electron chi connectivity index (χ0n) is 18.7. The van der Waals surface area contributed by atoms with Crippen molar-refractivity contribution in [2.75, 3.05) is 35.8 Å². The first-order valence-electron chi connectivity index (χ1n) is 10.8. The number of aryl methyl sites for hydroxylation is 2. The van der Waals surface area contributed by atoms with Gasteiger partial charge < -0.3 is 24.3 Å². The summed E-state index contributed by atoms with van der Waals surface area (Å²) in [5, 5.41) is 3.31. The van der Waals surface area contributed by atoms with Gasteiger partial charge in [-0.2, -0.15) is 4.98 Å². The summed E-state index contributed by atoms with van der Waals surface area (Å²) in [6, 6.07) is 5.60. The van der Waals surface area contributed by atoms with Crippen molar-refractivity contribution in [1.82, 2.24) is 15.0 Å². The van der Waals surface area contributed by atoms with Gasteiger partial charge in [0.05, 0.1) is 24.6 Å². The molecule has 32 heavy (non-hydrogen) atoms. The van der Waals surface area contributed by atoms with Crippen LogP contribution in [0.5, 0.6) is 5.75 Å². The molecule has 4 heterocycles. The number of nitrogens with one attached hydrogen (secondary N) is 1. The van der Waals surface area contributed by atoms with Gasteiger partial charge in [0.15, 0.2) is 17.5 Å². The van der Waals surface area contributed by atoms with Gasteiger partial charge in [-0.15, -0.1) is 0 Å². The van der Waals surface area contributed by atoms with E-state index in [4.69, 9.17) is 19.1 Å². The minimum Gasteiger partial charge on any atom is -0.496 e. The average molecular weight is 435 g/mol. The van der Waals surface area contributed by atoms with Crippen LogP contribution in [0.4, 0.5) is 23.1 Å². The number of hydrogen-bond donors (Lipinski definition) is 1. The van der Waals surface area contributed by atoms with Gasteiger partial charge in [-0.25, -0.2) is 9.97 Å². The van der Waals surface area contributed by atoms with Crippen molar-refractivity contribution < 1.29 is 13.9 Å². The molecule has 0 bridgehead atoms. The summed E-state index contributed by atoms with van der Waals surface area (Å²) in [6.45, 7) is 4.68. The Morgan fingerprint density at radius 1 is 1.31 bits per heavy atom. The second-order valence-corrected chi connectivity index (χ2v) is 8.05. The van der Waals surface area contributed by atoms with Gasteiger partial charge in [-0.05, 0) is 31.4 Å². The molecule has 0 aliphatic carbocycles. The standard InChI is InChI=1S/C23H26N6O3/c1-5-16-20-21(29-10-6-7-17(29)22(30)28(20)3)27-23(26-16)25-14-8-9-15(18(11-14)31-4)19-12-24-13(2)32-19/h8-9,11-12,17H,5-7,10H2,1-4H3,(H,25,26,27). The van der Waals surface area contributed by atoms with E-state index in [0.29, 0.717) is 29.8 Å². The highest BCUT2D eigenvalue weighted by Crippen LogP contribution is 2.41. The fourth-order valence-electron chi connectivity index (χ4n) is 4.53. The van der Waals surface area contributed by atoms with Gasteiger partial charge in [0.1, 0.15) is 17.5 Å². The van der Waals surface area contributed by atoms with Crippen LogP contribution in [0.25, 0.3) is 11.3 Å². The molecule has 3 aromatic rings. The van der Waals surface area contributed by atoms with Crippen LogP contribution in [0.3, 0.4) is 0 Å². The maximum Gasteiger partial charge on any atom is 0.249 e. The van der Waals surface area contributed by atoms with Crippen molar-refractivity contribution in [2.45, 2.75) is 39.2 Å². The van der Waals surface area contributed by atoms with E-state index in [9.17, 15) is 4.79 Å². The van der Waals surface area contributed by atoms with Crippen LogP contribution in [-0.2, 0) is 11.2 Å². The number of likely N-dealkylation sites (N-methyl/N-ethyl adjacent to an activating group) is 1. The number of amides is 1. The normalized spacial score (nSPS) is 17.4. The second-order valence-electron chi connectivity index (χ2n) is 8.05. The van der Waals surface area contributed by atoms with Crippen molar-refractivity contribution in [2.24, 2.45) is 0 Å². The first kappa shape index (κ1) is 20.3. The molecule has 9 heteroatoms. The highest BCUT2D eigenvalue weighted by molar-refractivity contribution is 6.05. The van der Waals surface area contributed by atoms with Crippen LogP contribution in [0.15, 0.2) is 28.8 Å². The number of methoxy groups -OCH3 is 1. The molecule has 1 unspecified atom stereocenters. The Labute approximate surface area is 186 Å². The monoisotopic (exact) mass is 434 g/mol. The Hall–Kier alpha value is -3.62. The fourth-order valence-corrected chi connectivity index (χ4v) is 4.53. The van der Waals surface area contributed by atoms with Crippen LogP contribution in [0, 0.1) is 6.92 Å². The molecule has 1 fully saturated rings. The zero-order valence-corrected chi connectivity index (χ0v) is 18.7. The van der Waals surface area contributed by atoms with Gasteiger partial charge in [-0.3, -0.25) is 4.79 Å². The van der Waals surface area contributed by atoms with Crippen LogP contribution in [-0.4, -0.2) is 47.6 Å². The van der Waals surface area contributed by atoms with E-state index >= 15 is 0 Å². The Kier molecular flexibility index (Phi) is 4.96. The highest BCUT2D eigenvalue weighted by Gasteiger charge is 2.41. The zero-order chi connectivity index (χ0) is 22.4. The van der Waals surface area contributed by atoms with E-state index < -0.39 is 0 Å². The number of nitrogens with zero attached hydrogens (tertiary/aromatic N) is 5. The molecule has 2 aliphatic heterocycles. The van der Waals surface area contributed by atoms with Crippen molar-refractivity contribution in [1.29, 1.82) is 0 Å². The number of fused-ring (bicyclic) bond motifs is 3. The van der Waals surface area contributed by atoms with E-state index in [1.165, 1.54) is 0 Å². The summed E-state index contributed by atoms with van der Waals surface area (Å²) in [4.78, 5) is 30.4. The molecule has 0 radical (unpaired) electrons. The Morgan fingerprint density at radius 3 is 2.88 bits per heavy atom. The molecule has 2 aromatic heterocycles. The van der Waals surface area contributed by atoms with Gasteiger partial charge in [0, 0.05) is 32.3 Å². The summed E-state index contributed by atoms with van der Waals surface area (Å²) < 4.78 is 11.2. The molecular weight excluding hydrogens is 408 g/mol. The van der Waals surface area contributed by atoms with Crippen molar-refractivity contribution in [3.8, 4) is 17.1 Å². The van der Waals surface area contributed by atoms with Gasteiger partial charge >= 0.3 is 0 Å². The molecule has 2 aliphatic rings. The van der Waals surface area contributed by atoms with Crippen LogP contribution >= 0.6 is 0 Å². The third-order valence-corrected chi connectivity index (χ3v) is 6.09. The van der Waals surface area contributed by atoms with Crippen LogP contribution in [0.1, 0.15) is 31.4 Å². The van der Waals surface area contributed by atoms with Crippen LogP contribution in [0.2, 0.25) is 0 Å². The molecule has 1 aromatic carbocycles. The highest BCUT2D eigenvalue weighted by atomic mass is 16.5. The average Bonchev–Trinajstić information content (AvgIpc) is 3.46. The molecule has 1 atom stereocenters. The maximum atomic E-state index is 12.8. The molecule has 1 saturated heterocycles. The number of anilines is 4. The van der Waals surface area contributed by atoms with Gasteiger partial charge in [0.2, 0.25) is 11.9 Å². The number of aromatic nitrogens is 3. The predicted molar refractivity (Wildman–Crippen MR) is 122 cm³/mol. The molecule has 5 rings (SSSR count). The molecule has 0 saturated carbocycles. The number of rotatable bonds is 5. The second kappa shape index (κ2) is 7.81. The van der Waals surface area contributed by atoms with E-state index in [0.717, 1.165) is 47.8 Å². The smallest absolute Gasteiger partial charge is 0.249 e. The lowest BCUT2D eigenvalue weighted by Crippen LogP contribution is -2.50. The van der Waals surface area contributed by atoms with E-state index in [1.54, 1.807) is 25.1 Å². The number of ether oxygens (including phenoxy) is 1. The summed E-state index contributed by atoms with van der Waals surface area (Å²) >= 11 is 0. The molecule has 0 spiro atoms. The molecule has 1 amide bonds. The van der Waals surface area contributed by atoms with E-state index in [2.05, 4.69) is 15.2 Å². The van der Waals surface area contributed by atoms with Crippen LogP contribution < -0.4 is 19.9 Å². The van der Waals surface area contributed by atoms with Crippen molar-refractivity contribution in [3.05, 3.63) is 36.0 Å². The summed E-state index contributed by atoms with van der Waals surface area (Å²) in [5.74, 6) is 3.35. The third kappa shape index (κ3) is 3.24. The van der Waals surface area contributed by atoms with Crippen molar-refractivity contribution >= 4 is 29.0 Å². The minimum atomic E-state index is -0.135. The van der Waals surface area contributed by atoms with E-state index in [-0.39, 0.29) is 11.9 Å². The fraction of sp³-hybridized carbons (Fsp3) is 0.391. The Morgan fingerprint density at radius 2 is 2.16 bits per heavy atom. The maximum absolute atomic E-state index is 12.8. The molecule has 1 N–H and O–H groups in total. The SMILES string of the molecule is CCc1nc(Nc2ccc(-c3cnc(C)o3)c(OC)c2)nc2c1N(C)C(=O)C1CCCN21. The Balaban J connectivity index is 1.51. The lowest BCUT2D eigenvalue weighted by atomic mass is 10.1. The third-order valence-electron chi connectivity index (χ3n) is 6.09. The summed E-state index contributed by atoms with van der Waals surface area (Å²) in [6.07, 6.45) is 4.22. The summed E-state index contributed by atoms with van der Waals surface area (Å²) in [7, 11) is 3.44. The van der Waals surface area contributed by atoms with Gasteiger partial charge in [0.25, 0.3) is 0 Å². The first-order chi connectivity index (χ1) is 15.5. The lowest BCUT2D eigenvalue weighted by Gasteiger charge is -2.37. The number of oxazole rings is 1. The number of hydrogen-bond acceptors (Lipinski definition) is 8. The molecular formula is C23H26N6O3. The Bertz CT molecular complexity index is 1190. The first-order valence-corrected chi connectivity index (χ1v) is 10.8. The number of benzene rings is 1. The molecule has 9 nitrogen and oxygen atoms in total. The van der Waals surface area contributed by atoms with Crippen molar-refractivity contribution in [3.63, 3.8) is 0 Å². The number of carbonyl (C=O) groups excluding carboxylic acids is 1. The molecule has 166 valence electrons.